The first kappa shape index (κ1) is 26.4. The number of halogens is 5. The zero-order chi connectivity index (χ0) is 25.6. The van der Waals surface area contributed by atoms with E-state index < -0.39 is 60.2 Å². The summed E-state index contributed by atoms with van der Waals surface area (Å²) in [5.74, 6) is -1.92. The topological polar surface area (TPSA) is 99.7 Å². The van der Waals surface area contributed by atoms with E-state index in [1.165, 1.54) is 0 Å². The van der Waals surface area contributed by atoms with Crippen molar-refractivity contribution in [3.8, 4) is 0 Å². The number of carbonyl (C=O) groups excluding carboxylic acids is 2. The minimum Gasteiger partial charge on any atom is -0.394 e. The third kappa shape index (κ3) is 7.89. The van der Waals surface area contributed by atoms with E-state index in [4.69, 9.17) is 4.74 Å². The Labute approximate surface area is 197 Å². The van der Waals surface area contributed by atoms with Gasteiger partial charge in [-0.15, -0.1) is 0 Å². The van der Waals surface area contributed by atoms with Crippen molar-refractivity contribution in [1.29, 1.82) is 0 Å². The van der Waals surface area contributed by atoms with Crippen molar-refractivity contribution in [2.45, 2.75) is 50.2 Å². The van der Waals surface area contributed by atoms with Gasteiger partial charge in [0, 0.05) is 18.3 Å². The molecule has 0 bridgehead atoms. The van der Waals surface area contributed by atoms with Gasteiger partial charge in [0.1, 0.15) is 17.7 Å². The van der Waals surface area contributed by atoms with E-state index in [1.54, 1.807) is 0 Å². The second-order valence-electron chi connectivity index (χ2n) is 8.10. The van der Waals surface area contributed by atoms with E-state index in [0.29, 0.717) is 12.8 Å². The molecule has 3 rings (SSSR count). The molecule has 0 radical (unpaired) electrons. The molecule has 0 aliphatic carbocycles. The predicted octanol–water partition coefficient (Wildman–Crippen LogP) is 3.72. The van der Waals surface area contributed by atoms with Gasteiger partial charge in [-0.05, 0) is 54.8 Å². The average Bonchev–Trinajstić information content (AvgIpc) is 2.78. The number of aliphatic hydroxyl groups excluding tert-OH is 1. The fourth-order valence-electron chi connectivity index (χ4n) is 3.72. The SMILES string of the molecule is O=C(C[C@H]1CC[C@H](NC(=O)Nc2ccc(C(F)(F)F)cc2)[C@H](CO)O1)NCc1cc(F)cc(F)c1. The number of hydrogen-bond acceptors (Lipinski definition) is 4. The summed E-state index contributed by atoms with van der Waals surface area (Å²) in [5, 5.41) is 17.2. The quantitative estimate of drug-likeness (QED) is 0.435. The Morgan fingerprint density at radius 2 is 1.69 bits per heavy atom. The van der Waals surface area contributed by atoms with Crippen molar-refractivity contribution >= 4 is 17.6 Å². The lowest BCUT2D eigenvalue weighted by Gasteiger charge is -2.35. The van der Waals surface area contributed by atoms with Crippen molar-refractivity contribution < 1.29 is 41.4 Å². The molecule has 0 unspecified atom stereocenters. The summed E-state index contributed by atoms with van der Waals surface area (Å²) in [4.78, 5) is 24.5. The van der Waals surface area contributed by atoms with E-state index in [2.05, 4.69) is 16.0 Å². The van der Waals surface area contributed by atoms with Crippen LogP contribution in [0.2, 0.25) is 0 Å². The van der Waals surface area contributed by atoms with Crippen LogP contribution in [-0.4, -0.2) is 41.9 Å². The van der Waals surface area contributed by atoms with Gasteiger partial charge in [-0.1, -0.05) is 0 Å². The molecule has 1 heterocycles. The molecule has 190 valence electrons. The summed E-state index contributed by atoms with van der Waals surface area (Å²) in [5.41, 5.74) is -0.430. The molecule has 1 aliphatic rings. The Hall–Kier alpha value is -3.25. The van der Waals surface area contributed by atoms with Crippen molar-refractivity contribution in [2.75, 3.05) is 11.9 Å². The summed E-state index contributed by atoms with van der Waals surface area (Å²) < 4.78 is 70.1. The molecule has 2 aromatic carbocycles. The fraction of sp³-hybridized carbons (Fsp3) is 0.391. The smallest absolute Gasteiger partial charge is 0.394 e. The minimum absolute atomic E-state index is 0.0568. The van der Waals surface area contributed by atoms with Gasteiger partial charge in [0.05, 0.1) is 30.7 Å². The maximum atomic E-state index is 13.2. The molecule has 7 nitrogen and oxygen atoms in total. The molecule has 0 saturated carbocycles. The Morgan fingerprint density at radius 1 is 1.03 bits per heavy atom. The van der Waals surface area contributed by atoms with Crippen LogP contribution in [0.1, 0.15) is 30.4 Å². The zero-order valence-corrected chi connectivity index (χ0v) is 18.4. The number of benzene rings is 2. The van der Waals surface area contributed by atoms with E-state index >= 15 is 0 Å². The summed E-state index contributed by atoms with van der Waals surface area (Å²) in [6.45, 7) is -0.510. The molecular formula is C23H24F5N3O4. The van der Waals surface area contributed by atoms with Crippen molar-refractivity contribution in [3.05, 3.63) is 65.2 Å². The molecule has 1 saturated heterocycles. The standard InChI is InChI=1S/C23H24F5N3O4/c24-15-7-13(8-16(25)9-15)11-29-21(33)10-18-5-6-19(20(12-32)35-18)31-22(34)30-17-3-1-14(2-4-17)23(26,27)28/h1-4,7-9,18-20,32H,5-6,10-12H2,(H,29,33)(H2,30,31,34)/t18-,19+,20+/m1/s1. The number of aliphatic hydroxyl groups is 1. The Bertz CT molecular complexity index is 1010. The number of nitrogens with one attached hydrogen (secondary N) is 3. The van der Waals surface area contributed by atoms with E-state index in [0.717, 1.165) is 42.5 Å². The molecule has 0 aromatic heterocycles. The van der Waals surface area contributed by atoms with Crippen LogP contribution in [-0.2, 0) is 22.3 Å². The first-order valence-electron chi connectivity index (χ1n) is 10.8. The highest BCUT2D eigenvalue weighted by atomic mass is 19.4. The van der Waals surface area contributed by atoms with Gasteiger partial charge in [-0.25, -0.2) is 13.6 Å². The van der Waals surface area contributed by atoms with Crippen LogP contribution >= 0.6 is 0 Å². The van der Waals surface area contributed by atoms with Crippen molar-refractivity contribution in [3.63, 3.8) is 0 Å². The lowest BCUT2D eigenvalue weighted by molar-refractivity contribution is -0.137. The average molecular weight is 501 g/mol. The highest BCUT2D eigenvalue weighted by Gasteiger charge is 2.33. The van der Waals surface area contributed by atoms with E-state index in [1.807, 2.05) is 0 Å². The number of amides is 3. The zero-order valence-electron chi connectivity index (χ0n) is 18.4. The van der Waals surface area contributed by atoms with Crippen LogP contribution in [0.4, 0.5) is 32.4 Å². The van der Waals surface area contributed by atoms with Gasteiger partial charge in [-0.2, -0.15) is 13.2 Å². The third-order valence-corrected chi connectivity index (χ3v) is 5.41. The second-order valence-corrected chi connectivity index (χ2v) is 8.10. The third-order valence-electron chi connectivity index (χ3n) is 5.41. The first-order chi connectivity index (χ1) is 16.5. The lowest BCUT2D eigenvalue weighted by Crippen LogP contribution is -2.52. The highest BCUT2D eigenvalue weighted by Crippen LogP contribution is 2.30. The van der Waals surface area contributed by atoms with Crippen LogP contribution in [0.5, 0.6) is 0 Å². The monoisotopic (exact) mass is 501 g/mol. The van der Waals surface area contributed by atoms with Crippen LogP contribution in [0.25, 0.3) is 0 Å². The molecule has 35 heavy (non-hydrogen) atoms. The van der Waals surface area contributed by atoms with Gasteiger partial charge >= 0.3 is 12.2 Å². The van der Waals surface area contributed by atoms with Gasteiger partial charge < -0.3 is 25.8 Å². The second kappa shape index (κ2) is 11.5. The number of urea groups is 1. The van der Waals surface area contributed by atoms with Gasteiger partial charge in [0.25, 0.3) is 0 Å². The van der Waals surface area contributed by atoms with Gasteiger partial charge in [0.15, 0.2) is 0 Å². The number of alkyl halides is 3. The number of anilines is 1. The number of carbonyl (C=O) groups is 2. The molecule has 4 N–H and O–H groups in total. The van der Waals surface area contributed by atoms with E-state index in [9.17, 15) is 36.6 Å². The van der Waals surface area contributed by atoms with Crippen LogP contribution in [0.15, 0.2) is 42.5 Å². The molecule has 2 aromatic rings. The predicted molar refractivity (Wildman–Crippen MR) is 115 cm³/mol. The molecule has 3 atom stereocenters. The van der Waals surface area contributed by atoms with Crippen LogP contribution in [0, 0.1) is 11.6 Å². The maximum Gasteiger partial charge on any atom is 0.416 e. The number of ether oxygens (including phenoxy) is 1. The Morgan fingerprint density at radius 3 is 2.29 bits per heavy atom. The first-order valence-corrected chi connectivity index (χ1v) is 10.8. The molecule has 1 aliphatic heterocycles. The van der Waals surface area contributed by atoms with Crippen molar-refractivity contribution in [2.24, 2.45) is 0 Å². The van der Waals surface area contributed by atoms with E-state index in [-0.39, 0.29) is 24.2 Å². The normalized spacial score (nSPS) is 20.2. The minimum atomic E-state index is -4.49. The molecule has 0 spiro atoms. The van der Waals surface area contributed by atoms with Gasteiger partial charge in [0.2, 0.25) is 5.91 Å². The van der Waals surface area contributed by atoms with Crippen molar-refractivity contribution in [1.82, 2.24) is 10.6 Å². The van der Waals surface area contributed by atoms with Crippen LogP contribution in [0.3, 0.4) is 0 Å². The highest BCUT2D eigenvalue weighted by molar-refractivity contribution is 5.89. The number of rotatable bonds is 7. The summed E-state index contributed by atoms with van der Waals surface area (Å²) in [6, 6.07) is 5.59. The number of hydrogen-bond donors (Lipinski definition) is 4. The summed E-state index contributed by atoms with van der Waals surface area (Å²) >= 11 is 0. The Balaban J connectivity index is 1.46. The largest absolute Gasteiger partial charge is 0.416 e. The molecule has 1 fully saturated rings. The molecule has 3 amide bonds. The molecule has 12 heteroatoms. The summed E-state index contributed by atoms with van der Waals surface area (Å²) in [6.07, 6.45) is -5.15. The summed E-state index contributed by atoms with van der Waals surface area (Å²) in [7, 11) is 0. The Kier molecular flexibility index (Phi) is 8.62. The maximum absolute atomic E-state index is 13.2. The fourth-order valence-corrected chi connectivity index (χ4v) is 3.72. The lowest BCUT2D eigenvalue weighted by atomic mass is 9.97. The molecular weight excluding hydrogens is 477 g/mol. The van der Waals surface area contributed by atoms with Gasteiger partial charge in [-0.3, -0.25) is 4.79 Å². The van der Waals surface area contributed by atoms with Crippen LogP contribution < -0.4 is 16.0 Å².